The predicted molar refractivity (Wildman–Crippen MR) is 94.9 cm³/mol. The van der Waals surface area contributed by atoms with Crippen LogP contribution < -0.4 is 11.5 Å². The van der Waals surface area contributed by atoms with Gasteiger partial charge in [0.2, 0.25) is 0 Å². The smallest absolute Gasteiger partial charge is 0.125 e. The van der Waals surface area contributed by atoms with Crippen LogP contribution in [0.3, 0.4) is 0 Å². The van der Waals surface area contributed by atoms with Gasteiger partial charge in [-0.25, -0.2) is 0 Å². The Kier molecular flexibility index (Phi) is 5.09. The zero-order chi connectivity index (χ0) is 17.0. The topological polar surface area (TPSA) is 92.5 Å². The SMILES string of the molecule is Cc1cccc(C=C(N)C(=Cc2cccc(C)c2O)CN)c1O. The lowest BCUT2D eigenvalue weighted by Crippen LogP contribution is -2.11. The van der Waals surface area contributed by atoms with Crippen molar-refractivity contribution in [1.29, 1.82) is 0 Å². The van der Waals surface area contributed by atoms with E-state index in [9.17, 15) is 10.2 Å². The van der Waals surface area contributed by atoms with Crippen LogP contribution >= 0.6 is 0 Å². The quantitative estimate of drug-likeness (QED) is 0.653. The second-order valence-electron chi connectivity index (χ2n) is 5.50. The van der Waals surface area contributed by atoms with Gasteiger partial charge in [0, 0.05) is 23.4 Å². The van der Waals surface area contributed by atoms with E-state index < -0.39 is 0 Å². The maximum absolute atomic E-state index is 10.1. The van der Waals surface area contributed by atoms with Gasteiger partial charge < -0.3 is 21.7 Å². The number of benzene rings is 2. The second-order valence-corrected chi connectivity index (χ2v) is 5.50. The first-order valence-corrected chi connectivity index (χ1v) is 7.39. The number of phenolic OH excluding ortho intramolecular Hbond substituents is 2. The molecule has 0 aliphatic carbocycles. The molecule has 0 heterocycles. The van der Waals surface area contributed by atoms with Crippen LogP contribution in [0.25, 0.3) is 12.2 Å². The Bertz CT molecular complexity index is 777. The Labute approximate surface area is 136 Å². The van der Waals surface area contributed by atoms with Crippen LogP contribution in [-0.4, -0.2) is 16.8 Å². The summed E-state index contributed by atoms with van der Waals surface area (Å²) in [6, 6.07) is 11.0. The van der Waals surface area contributed by atoms with E-state index in [0.29, 0.717) is 22.4 Å². The van der Waals surface area contributed by atoms with E-state index in [0.717, 1.165) is 11.1 Å². The molecule has 4 nitrogen and oxygen atoms in total. The van der Waals surface area contributed by atoms with E-state index in [1.807, 2.05) is 38.1 Å². The highest BCUT2D eigenvalue weighted by atomic mass is 16.3. The molecule has 0 fully saturated rings. The Hall–Kier alpha value is -2.72. The Balaban J connectivity index is 2.44. The monoisotopic (exact) mass is 310 g/mol. The van der Waals surface area contributed by atoms with E-state index in [1.54, 1.807) is 24.3 Å². The fourth-order valence-electron chi connectivity index (χ4n) is 2.30. The van der Waals surface area contributed by atoms with Crippen molar-refractivity contribution in [2.75, 3.05) is 6.54 Å². The molecule has 0 aliphatic heterocycles. The van der Waals surface area contributed by atoms with Crippen molar-refractivity contribution in [2.45, 2.75) is 13.8 Å². The van der Waals surface area contributed by atoms with E-state index in [1.165, 1.54) is 0 Å². The molecule has 2 rings (SSSR count). The molecule has 120 valence electrons. The zero-order valence-corrected chi connectivity index (χ0v) is 13.4. The highest BCUT2D eigenvalue weighted by Gasteiger charge is 2.07. The molecule has 0 radical (unpaired) electrons. The summed E-state index contributed by atoms with van der Waals surface area (Å²) in [6.07, 6.45) is 3.45. The Morgan fingerprint density at radius 2 is 1.39 bits per heavy atom. The van der Waals surface area contributed by atoms with Crippen molar-refractivity contribution in [1.82, 2.24) is 0 Å². The van der Waals surface area contributed by atoms with Gasteiger partial charge in [0.15, 0.2) is 0 Å². The summed E-state index contributed by atoms with van der Waals surface area (Å²) >= 11 is 0. The molecule has 23 heavy (non-hydrogen) atoms. The fourth-order valence-corrected chi connectivity index (χ4v) is 2.30. The maximum atomic E-state index is 10.1. The third kappa shape index (κ3) is 3.73. The third-order valence-electron chi connectivity index (χ3n) is 3.77. The van der Waals surface area contributed by atoms with E-state index in [-0.39, 0.29) is 18.0 Å². The Morgan fingerprint density at radius 1 is 0.913 bits per heavy atom. The molecule has 0 unspecified atom stereocenters. The third-order valence-corrected chi connectivity index (χ3v) is 3.77. The van der Waals surface area contributed by atoms with Gasteiger partial charge >= 0.3 is 0 Å². The summed E-state index contributed by atoms with van der Waals surface area (Å²) in [6.45, 7) is 3.88. The number of hydrogen-bond acceptors (Lipinski definition) is 4. The molecule has 0 spiro atoms. The van der Waals surface area contributed by atoms with Gasteiger partial charge in [-0.3, -0.25) is 0 Å². The van der Waals surface area contributed by atoms with Crippen LogP contribution in [0.5, 0.6) is 11.5 Å². The first-order valence-electron chi connectivity index (χ1n) is 7.39. The highest BCUT2D eigenvalue weighted by Crippen LogP contribution is 2.27. The molecule has 4 heteroatoms. The second kappa shape index (κ2) is 7.03. The molecule has 2 aromatic rings. The number of aromatic hydroxyl groups is 2. The molecule has 0 atom stereocenters. The van der Waals surface area contributed by atoms with Gasteiger partial charge in [-0.15, -0.1) is 0 Å². The number of phenols is 2. The number of aryl methyl sites for hydroxylation is 2. The van der Waals surface area contributed by atoms with Gasteiger partial charge in [0.05, 0.1) is 0 Å². The molecule has 0 saturated carbocycles. The van der Waals surface area contributed by atoms with E-state index >= 15 is 0 Å². The molecular formula is C19H22N2O2. The standard InChI is InChI=1S/C19H22N2O2/c1-12-5-3-7-14(18(12)22)9-16(11-20)17(21)10-15-8-4-6-13(2)19(15)23/h3-10,22-23H,11,20-21H2,1-2H3. The van der Waals surface area contributed by atoms with Gasteiger partial charge in [-0.2, -0.15) is 0 Å². The lowest BCUT2D eigenvalue weighted by Gasteiger charge is -2.09. The summed E-state index contributed by atoms with van der Waals surface area (Å²) in [5.41, 5.74) is 15.9. The molecular weight excluding hydrogens is 288 g/mol. The molecule has 0 bridgehead atoms. The van der Waals surface area contributed by atoms with Crippen LogP contribution in [0.15, 0.2) is 47.7 Å². The Morgan fingerprint density at radius 3 is 1.87 bits per heavy atom. The van der Waals surface area contributed by atoms with Crippen LogP contribution in [0.4, 0.5) is 0 Å². The minimum Gasteiger partial charge on any atom is -0.507 e. The maximum Gasteiger partial charge on any atom is 0.125 e. The van der Waals surface area contributed by atoms with Crippen molar-refractivity contribution in [3.05, 3.63) is 69.9 Å². The lowest BCUT2D eigenvalue weighted by atomic mass is 10.0. The van der Waals surface area contributed by atoms with E-state index in [4.69, 9.17) is 11.5 Å². The largest absolute Gasteiger partial charge is 0.507 e. The number of hydrogen-bond donors (Lipinski definition) is 4. The van der Waals surface area contributed by atoms with Crippen LogP contribution in [-0.2, 0) is 0 Å². The highest BCUT2D eigenvalue weighted by molar-refractivity contribution is 5.70. The molecule has 2 aromatic carbocycles. The minimum atomic E-state index is 0.199. The van der Waals surface area contributed by atoms with Gasteiger partial charge in [0.25, 0.3) is 0 Å². The summed E-state index contributed by atoms with van der Waals surface area (Å²) in [4.78, 5) is 0. The minimum absolute atomic E-state index is 0.199. The van der Waals surface area contributed by atoms with Crippen molar-refractivity contribution in [2.24, 2.45) is 11.5 Å². The number of rotatable bonds is 4. The molecule has 0 aliphatic rings. The molecule has 0 amide bonds. The lowest BCUT2D eigenvalue weighted by molar-refractivity contribution is 0.469. The summed E-state index contributed by atoms with van der Waals surface area (Å²) in [5.74, 6) is 0.412. The van der Waals surface area contributed by atoms with Crippen LogP contribution in [0, 0.1) is 13.8 Å². The average Bonchev–Trinajstić information content (AvgIpc) is 2.53. The first-order chi connectivity index (χ1) is 10.9. The van der Waals surface area contributed by atoms with Crippen molar-refractivity contribution >= 4 is 12.2 Å². The predicted octanol–water partition coefficient (Wildman–Crippen LogP) is 3.06. The first kappa shape index (κ1) is 16.6. The van der Waals surface area contributed by atoms with Gasteiger partial charge in [0.1, 0.15) is 11.5 Å². The molecule has 0 saturated heterocycles. The number of nitrogens with two attached hydrogens (primary N) is 2. The average molecular weight is 310 g/mol. The summed E-state index contributed by atoms with van der Waals surface area (Å²) < 4.78 is 0. The molecule has 0 aromatic heterocycles. The van der Waals surface area contributed by atoms with Crippen molar-refractivity contribution < 1.29 is 10.2 Å². The summed E-state index contributed by atoms with van der Waals surface area (Å²) in [5, 5.41) is 20.2. The molecule has 6 N–H and O–H groups in total. The fraction of sp³-hybridized carbons (Fsp3) is 0.158. The van der Waals surface area contributed by atoms with Gasteiger partial charge in [-0.05, 0) is 42.7 Å². The van der Waals surface area contributed by atoms with Crippen molar-refractivity contribution in [3.63, 3.8) is 0 Å². The van der Waals surface area contributed by atoms with E-state index in [2.05, 4.69) is 0 Å². The van der Waals surface area contributed by atoms with Crippen LogP contribution in [0.2, 0.25) is 0 Å². The normalized spacial score (nSPS) is 12.5. The van der Waals surface area contributed by atoms with Crippen molar-refractivity contribution in [3.8, 4) is 11.5 Å². The van der Waals surface area contributed by atoms with Gasteiger partial charge in [-0.1, -0.05) is 36.4 Å². The zero-order valence-electron chi connectivity index (χ0n) is 13.4. The number of para-hydroxylation sites is 2. The summed E-state index contributed by atoms with van der Waals surface area (Å²) in [7, 11) is 0. The van der Waals surface area contributed by atoms with Crippen LogP contribution in [0.1, 0.15) is 22.3 Å².